The third-order valence-corrected chi connectivity index (χ3v) is 2.17. The topological polar surface area (TPSA) is 43.4 Å². The average molecular weight is 170 g/mol. The van der Waals surface area contributed by atoms with Gasteiger partial charge in [-0.1, -0.05) is 6.42 Å². The highest BCUT2D eigenvalue weighted by atomic mass is 16.5. The molecule has 0 unspecified atom stereocenters. The number of carbonyl (C=O) groups is 2. The van der Waals surface area contributed by atoms with Crippen LogP contribution < -0.4 is 0 Å². The minimum Gasteiger partial charge on any atom is -0.465 e. The Hall–Kier alpha value is -0.860. The molecule has 3 heteroatoms. The summed E-state index contributed by atoms with van der Waals surface area (Å²) in [5.74, 6) is -0.0708. The van der Waals surface area contributed by atoms with Crippen LogP contribution in [0.2, 0.25) is 0 Å². The fraction of sp³-hybridized carbons (Fsp3) is 0.778. The monoisotopic (exact) mass is 170 g/mol. The number of esters is 1. The van der Waals surface area contributed by atoms with Gasteiger partial charge in [-0.3, -0.25) is 9.59 Å². The van der Waals surface area contributed by atoms with E-state index in [1.54, 1.807) is 0 Å². The van der Waals surface area contributed by atoms with Crippen LogP contribution in [0.1, 0.15) is 32.6 Å². The molecule has 0 aromatic carbocycles. The van der Waals surface area contributed by atoms with Crippen molar-refractivity contribution in [1.29, 1.82) is 0 Å². The number of hydrogen-bond acceptors (Lipinski definition) is 3. The van der Waals surface area contributed by atoms with E-state index in [9.17, 15) is 9.59 Å². The second-order valence-electron chi connectivity index (χ2n) is 3.21. The molecule has 12 heavy (non-hydrogen) atoms. The van der Waals surface area contributed by atoms with Gasteiger partial charge in [0.25, 0.3) is 0 Å². The zero-order chi connectivity index (χ0) is 8.97. The molecule has 0 amide bonds. The predicted molar refractivity (Wildman–Crippen MR) is 43.6 cm³/mol. The van der Waals surface area contributed by atoms with Crippen molar-refractivity contribution in [1.82, 2.24) is 0 Å². The van der Waals surface area contributed by atoms with E-state index >= 15 is 0 Å². The third-order valence-electron chi connectivity index (χ3n) is 2.17. The van der Waals surface area contributed by atoms with Gasteiger partial charge >= 0.3 is 5.97 Å². The van der Waals surface area contributed by atoms with Gasteiger partial charge in [0.2, 0.25) is 0 Å². The van der Waals surface area contributed by atoms with E-state index in [1.165, 1.54) is 6.92 Å². The standard InChI is InChI=1S/C9H14O3/c1-7(10)12-6-8-4-2-3-5-9(8)11/h8H,2-6H2,1H3/t8-/m1/s1. The zero-order valence-corrected chi connectivity index (χ0v) is 7.34. The number of hydrogen-bond donors (Lipinski definition) is 0. The van der Waals surface area contributed by atoms with Gasteiger partial charge in [-0.25, -0.2) is 0 Å². The van der Waals surface area contributed by atoms with Crippen molar-refractivity contribution in [2.24, 2.45) is 5.92 Å². The molecule has 0 aliphatic heterocycles. The summed E-state index contributed by atoms with van der Waals surface area (Å²) in [7, 11) is 0. The Morgan fingerprint density at radius 1 is 1.58 bits per heavy atom. The van der Waals surface area contributed by atoms with Crippen molar-refractivity contribution >= 4 is 11.8 Å². The highest BCUT2D eigenvalue weighted by Crippen LogP contribution is 2.20. The zero-order valence-electron chi connectivity index (χ0n) is 7.34. The quantitative estimate of drug-likeness (QED) is 0.587. The first-order valence-electron chi connectivity index (χ1n) is 4.36. The van der Waals surface area contributed by atoms with E-state index in [0.717, 1.165) is 19.3 Å². The predicted octanol–water partition coefficient (Wildman–Crippen LogP) is 1.31. The van der Waals surface area contributed by atoms with Gasteiger partial charge < -0.3 is 4.74 Å². The summed E-state index contributed by atoms with van der Waals surface area (Å²) >= 11 is 0. The Labute approximate surface area is 72.1 Å². The maximum Gasteiger partial charge on any atom is 0.302 e. The molecule has 1 atom stereocenters. The number of Topliss-reactive ketones (excluding diaryl/α,β-unsaturated/α-hetero) is 1. The smallest absolute Gasteiger partial charge is 0.302 e. The van der Waals surface area contributed by atoms with Gasteiger partial charge in [-0.15, -0.1) is 0 Å². The van der Waals surface area contributed by atoms with Crippen LogP contribution in [0.25, 0.3) is 0 Å². The van der Waals surface area contributed by atoms with E-state index in [4.69, 9.17) is 4.74 Å². The SMILES string of the molecule is CC(=O)OC[C@H]1CCCCC1=O. The first kappa shape index (κ1) is 9.23. The number of carbonyl (C=O) groups excluding carboxylic acids is 2. The molecule has 0 aromatic heterocycles. The van der Waals surface area contributed by atoms with Gasteiger partial charge in [0.1, 0.15) is 12.4 Å². The number of ketones is 1. The van der Waals surface area contributed by atoms with E-state index in [0.29, 0.717) is 6.42 Å². The molecule has 1 rings (SSSR count). The van der Waals surface area contributed by atoms with Crippen LogP contribution in [0.4, 0.5) is 0 Å². The normalized spacial score (nSPS) is 23.8. The maximum atomic E-state index is 11.2. The summed E-state index contributed by atoms with van der Waals surface area (Å²) in [6.07, 6.45) is 3.62. The Morgan fingerprint density at radius 3 is 2.92 bits per heavy atom. The van der Waals surface area contributed by atoms with Crippen LogP contribution in [0.15, 0.2) is 0 Å². The highest BCUT2D eigenvalue weighted by Gasteiger charge is 2.22. The largest absolute Gasteiger partial charge is 0.465 e. The van der Waals surface area contributed by atoms with E-state index < -0.39 is 0 Å². The van der Waals surface area contributed by atoms with Crippen molar-refractivity contribution in [3.63, 3.8) is 0 Å². The van der Waals surface area contributed by atoms with Crippen LogP contribution in [0.3, 0.4) is 0 Å². The minimum absolute atomic E-state index is 0.0253. The average Bonchev–Trinajstić information content (AvgIpc) is 2.03. The van der Waals surface area contributed by atoms with Gasteiger partial charge in [0.05, 0.1) is 5.92 Å². The molecule has 0 spiro atoms. The van der Waals surface area contributed by atoms with Crippen molar-refractivity contribution in [2.75, 3.05) is 6.61 Å². The molecule has 0 heterocycles. The lowest BCUT2D eigenvalue weighted by atomic mass is 9.89. The van der Waals surface area contributed by atoms with Gasteiger partial charge in [-0.2, -0.15) is 0 Å². The summed E-state index contributed by atoms with van der Waals surface area (Å²) in [6, 6.07) is 0. The Bertz CT molecular complexity index is 186. The number of rotatable bonds is 2. The van der Waals surface area contributed by atoms with Crippen molar-refractivity contribution in [3.8, 4) is 0 Å². The van der Waals surface area contributed by atoms with Crippen molar-refractivity contribution < 1.29 is 14.3 Å². The molecular weight excluding hydrogens is 156 g/mol. The molecule has 0 bridgehead atoms. The summed E-state index contributed by atoms with van der Waals surface area (Å²) < 4.78 is 4.79. The van der Waals surface area contributed by atoms with Crippen LogP contribution in [0.5, 0.6) is 0 Å². The van der Waals surface area contributed by atoms with E-state index in [-0.39, 0.29) is 24.3 Å². The molecule has 3 nitrogen and oxygen atoms in total. The molecule has 0 aromatic rings. The Kier molecular flexibility index (Phi) is 3.26. The lowest BCUT2D eigenvalue weighted by molar-refractivity contribution is -0.144. The lowest BCUT2D eigenvalue weighted by Crippen LogP contribution is -2.24. The lowest BCUT2D eigenvalue weighted by Gasteiger charge is -2.19. The van der Waals surface area contributed by atoms with E-state index in [2.05, 4.69) is 0 Å². The molecule has 0 N–H and O–H groups in total. The number of ether oxygens (including phenoxy) is 1. The second-order valence-corrected chi connectivity index (χ2v) is 3.21. The molecule has 0 radical (unpaired) electrons. The third kappa shape index (κ3) is 2.64. The molecule has 0 saturated heterocycles. The summed E-state index contributed by atoms with van der Waals surface area (Å²) in [5.41, 5.74) is 0. The van der Waals surface area contributed by atoms with Crippen LogP contribution >= 0.6 is 0 Å². The van der Waals surface area contributed by atoms with Gasteiger partial charge in [0, 0.05) is 13.3 Å². The molecule has 68 valence electrons. The molecule has 1 fully saturated rings. The first-order valence-corrected chi connectivity index (χ1v) is 4.36. The second kappa shape index (κ2) is 4.24. The van der Waals surface area contributed by atoms with Gasteiger partial charge in [-0.05, 0) is 12.8 Å². The van der Waals surface area contributed by atoms with Crippen LogP contribution in [-0.2, 0) is 14.3 Å². The summed E-state index contributed by atoms with van der Waals surface area (Å²) in [4.78, 5) is 21.7. The maximum absolute atomic E-state index is 11.2. The fourth-order valence-corrected chi connectivity index (χ4v) is 1.45. The first-order chi connectivity index (χ1) is 5.70. The summed E-state index contributed by atoms with van der Waals surface area (Å²) in [6.45, 7) is 1.65. The van der Waals surface area contributed by atoms with Gasteiger partial charge in [0.15, 0.2) is 0 Å². The fourth-order valence-electron chi connectivity index (χ4n) is 1.45. The molecule has 1 aliphatic carbocycles. The van der Waals surface area contributed by atoms with E-state index in [1.807, 2.05) is 0 Å². The van der Waals surface area contributed by atoms with Crippen LogP contribution in [0, 0.1) is 5.92 Å². The summed E-state index contributed by atoms with van der Waals surface area (Å²) in [5, 5.41) is 0. The molecular formula is C9H14O3. The highest BCUT2D eigenvalue weighted by molar-refractivity contribution is 5.82. The molecule has 1 saturated carbocycles. The van der Waals surface area contributed by atoms with Crippen molar-refractivity contribution in [2.45, 2.75) is 32.6 Å². The molecule has 1 aliphatic rings. The van der Waals surface area contributed by atoms with Crippen LogP contribution in [-0.4, -0.2) is 18.4 Å². The van der Waals surface area contributed by atoms with Crippen molar-refractivity contribution in [3.05, 3.63) is 0 Å². The Balaban J connectivity index is 2.29. The Morgan fingerprint density at radius 2 is 2.33 bits per heavy atom. The minimum atomic E-state index is -0.298.